The molecule has 0 saturated carbocycles. The Morgan fingerprint density at radius 1 is 1.46 bits per heavy atom. The Labute approximate surface area is 83.5 Å². The van der Waals surface area contributed by atoms with Crippen LogP contribution in [0.5, 0.6) is 0 Å². The van der Waals surface area contributed by atoms with E-state index in [4.69, 9.17) is 16.8 Å². The highest BCUT2D eigenvalue weighted by atomic mass is 35.5. The van der Waals surface area contributed by atoms with Crippen LogP contribution in [0, 0.1) is 0 Å². The Kier molecular flexibility index (Phi) is 3.45. The van der Waals surface area contributed by atoms with Crippen LogP contribution in [-0.4, -0.2) is 20.8 Å². The maximum atomic E-state index is 11.0. The third-order valence-electron chi connectivity index (χ3n) is 1.51. The minimum atomic E-state index is -0.998. The molecule has 3 nitrogen and oxygen atoms in total. The lowest BCUT2D eigenvalue weighted by Gasteiger charge is -1.98. The first-order valence-corrected chi connectivity index (χ1v) is 5.40. The number of nitrogens with zero attached hydrogens (tertiary/aromatic N) is 1. The van der Waals surface area contributed by atoms with Gasteiger partial charge in [-0.1, -0.05) is 28.9 Å². The maximum Gasteiger partial charge on any atom is 0.175 e. The molecule has 0 aromatic heterocycles. The minimum absolute atomic E-state index is 0.0217. The van der Waals surface area contributed by atoms with Crippen LogP contribution in [0.25, 0.3) is 0 Å². The fraction of sp³-hybridized carbons (Fsp3) is 0.125. The lowest BCUT2D eigenvalue weighted by atomic mass is 10.2. The van der Waals surface area contributed by atoms with Gasteiger partial charge in [-0.2, -0.15) is 0 Å². The molecule has 1 N–H and O–H groups in total. The summed E-state index contributed by atoms with van der Waals surface area (Å²) in [6, 6.07) is 6.66. The number of hydrogen-bond donors (Lipinski definition) is 1. The second-order valence-electron chi connectivity index (χ2n) is 2.37. The molecule has 1 rings (SSSR count). The van der Waals surface area contributed by atoms with Crippen molar-refractivity contribution in [1.82, 2.24) is 0 Å². The molecule has 13 heavy (non-hydrogen) atoms. The van der Waals surface area contributed by atoms with Gasteiger partial charge in [0.15, 0.2) is 5.17 Å². The van der Waals surface area contributed by atoms with Crippen molar-refractivity contribution in [2.75, 3.05) is 6.26 Å². The normalized spacial score (nSPS) is 14.2. The van der Waals surface area contributed by atoms with Crippen molar-refractivity contribution in [2.45, 2.75) is 4.90 Å². The van der Waals surface area contributed by atoms with Crippen LogP contribution < -0.4 is 0 Å². The standard InChI is InChI=1S/C8H8ClNO2S/c1-13(12)7-4-2-6(3-5-7)8(9)10-11/h2-5,11H,1H3. The molecule has 0 radical (unpaired) electrons. The molecule has 0 heterocycles. The van der Waals surface area contributed by atoms with Crippen LogP contribution >= 0.6 is 11.6 Å². The molecule has 1 aromatic rings. The zero-order valence-corrected chi connectivity index (χ0v) is 8.47. The van der Waals surface area contributed by atoms with Crippen molar-refractivity contribution >= 4 is 27.6 Å². The van der Waals surface area contributed by atoms with Gasteiger partial charge >= 0.3 is 0 Å². The van der Waals surface area contributed by atoms with Gasteiger partial charge in [-0.15, -0.1) is 0 Å². The van der Waals surface area contributed by atoms with E-state index in [-0.39, 0.29) is 5.17 Å². The van der Waals surface area contributed by atoms with Crippen molar-refractivity contribution in [3.63, 3.8) is 0 Å². The minimum Gasteiger partial charge on any atom is -0.410 e. The van der Waals surface area contributed by atoms with Crippen molar-refractivity contribution in [2.24, 2.45) is 5.16 Å². The second-order valence-corrected chi connectivity index (χ2v) is 4.11. The molecular weight excluding hydrogens is 210 g/mol. The summed E-state index contributed by atoms with van der Waals surface area (Å²) in [7, 11) is -0.998. The van der Waals surface area contributed by atoms with Gasteiger partial charge in [-0.05, 0) is 12.1 Å². The Balaban J connectivity index is 3.00. The van der Waals surface area contributed by atoms with Crippen LogP contribution in [0.15, 0.2) is 34.3 Å². The number of oxime groups is 1. The van der Waals surface area contributed by atoms with Gasteiger partial charge in [-0.25, -0.2) is 0 Å². The summed E-state index contributed by atoms with van der Waals surface area (Å²) < 4.78 is 11.0. The molecule has 0 aliphatic carbocycles. The average molecular weight is 218 g/mol. The molecule has 0 spiro atoms. The van der Waals surface area contributed by atoms with E-state index in [9.17, 15) is 4.21 Å². The molecule has 5 heteroatoms. The summed E-state index contributed by atoms with van der Waals surface area (Å²) in [4.78, 5) is 0.714. The summed E-state index contributed by atoms with van der Waals surface area (Å²) in [5.74, 6) is 0. The predicted molar refractivity (Wildman–Crippen MR) is 53.0 cm³/mol. The summed E-state index contributed by atoms with van der Waals surface area (Å²) in [5, 5.41) is 11.2. The first-order chi connectivity index (χ1) is 6.15. The van der Waals surface area contributed by atoms with E-state index in [0.29, 0.717) is 10.5 Å². The number of rotatable bonds is 2. The van der Waals surface area contributed by atoms with Gasteiger partial charge in [0.05, 0.1) is 0 Å². The molecule has 1 atom stereocenters. The number of benzene rings is 1. The van der Waals surface area contributed by atoms with Crippen molar-refractivity contribution in [3.05, 3.63) is 29.8 Å². The topological polar surface area (TPSA) is 49.7 Å². The lowest BCUT2D eigenvalue weighted by molar-refractivity contribution is 0.321. The average Bonchev–Trinajstić information content (AvgIpc) is 2.17. The van der Waals surface area contributed by atoms with Crippen molar-refractivity contribution in [1.29, 1.82) is 0 Å². The maximum absolute atomic E-state index is 11.0. The van der Waals surface area contributed by atoms with Crippen LogP contribution in [0.3, 0.4) is 0 Å². The van der Waals surface area contributed by atoms with E-state index >= 15 is 0 Å². The molecule has 0 aliphatic heterocycles. The van der Waals surface area contributed by atoms with Crippen molar-refractivity contribution < 1.29 is 9.42 Å². The monoisotopic (exact) mass is 217 g/mol. The van der Waals surface area contributed by atoms with E-state index in [1.54, 1.807) is 30.5 Å². The van der Waals surface area contributed by atoms with Crippen LogP contribution in [-0.2, 0) is 10.8 Å². The molecule has 1 aromatic carbocycles. The van der Waals surface area contributed by atoms with Gasteiger partial charge in [0.2, 0.25) is 0 Å². The van der Waals surface area contributed by atoms with Crippen molar-refractivity contribution in [3.8, 4) is 0 Å². The van der Waals surface area contributed by atoms with E-state index in [2.05, 4.69) is 5.16 Å². The summed E-state index contributed by atoms with van der Waals surface area (Å²) >= 11 is 5.55. The molecule has 0 saturated heterocycles. The Hall–Kier alpha value is -0.870. The molecule has 1 unspecified atom stereocenters. The second kappa shape index (κ2) is 4.39. The number of hydrogen-bond acceptors (Lipinski definition) is 3. The van der Waals surface area contributed by atoms with E-state index in [1.165, 1.54) is 0 Å². The Morgan fingerprint density at radius 2 is 2.00 bits per heavy atom. The molecule has 0 amide bonds. The van der Waals surface area contributed by atoms with Crippen LogP contribution in [0.4, 0.5) is 0 Å². The Bertz CT molecular complexity index is 348. The summed E-state index contributed by atoms with van der Waals surface area (Å²) in [6.45, 7) is 0. The fourth-order valence-electron chi connectivity index (χ4n) is 0.842. The van der Waals surface area contributed by atoms with Gasteiger partial charge in [0.1, 0.15) is 0 Å². The third-order valence-corrected chi connectivity index (χ3v) is 2.74. The molecule has 70 valence electrons. The van der Waals surface area contributed by atoms with E-state index in [0.717, 1.165) is 0 Å². The zero-order chi connectivity index (χ0) is 9.84. The first-order valence-electron chi connectivity index (χ1n) is 3.46. The largest absolute Gasteiger partial charge is 0.410 e. The lowest BCUT2D eigenvalue weighted by Crippen LogP contribution is -1.92. The predicted octanol–water partition coefficient (Wildman–Crippen LogP) is 1.80. The van der Waals surface area contributed by atoms with E-state index < -0.39 is 10.8 Å². The molecule has 0 aliphatic rings. The highest BCUT2D eigenvalue weighted by Crippen LogP contribution is 2.10. The molecule has 0 bridgehead atoms. The fourth-order valence-corrected chi connectivity index (χ4v) is 1.49. The van der Waals surface area contributed by atoms with Gasteiger partial charge < -0.3 is 5.21 Å². The van der Waals surface area contributed by atoms with Gasteiger partial charge in [0.25, 0.3) is 0 Å². The third kappa shape index (κ3) is 2.54. The number of halogens is 1. The summed E-state index contributed by atoms with van der Waals surface area (Å²) in [6.07, 6.45) is 1.59. The smallest absolute Gasteiger partial charge is 0.175 e. The Morgan fingerprint density at radius 3 is 2.38 bits per heavy atom. The van der Waals surface area contributed by atoms with Gasteiger partial charge in [0, 0.05) is 27.5 Å². The molecule has 0 fully saturated rings. The van der Waals surface area contributed by atoms with Crippen LogP contribution in [0.1, 0.15) is 5.56 Å². The highest BCUT2D eigenvalue weighted by molar-refractivity contribution is 7.84. The first kappa shape index (κ1) is 10.2. The zero-order valence-electron chi connectivity index (χ0n) is 6.90. The SMILES string of the molecule is CS(=O)c1ccc(C(Cl)=NO)cc1. The van der Waals surface area contributed by atoms with E-state index in [1.807, 2.05) is 0 Å². The van der Waals surface area contributed by atoms with Gasteiger partial charge in [-0.3, -0.25) is 4.21 Å². The summed E-state index contributed by atoms with van der Waals surface area (Å²) in [5.41, 5.74) is 0.596. The van der Waals surface area contributed by atoms with Crippen LogP contribution in [0.2, 0.25) is 0 Å². The quantitative estimate of drug-likeness (QED) is 0.467. The highest BCUT2D eigenvalue weighted by Gasteiger charge is 2.01. The molecular formula is C8H8ClNO2S.